The first kappa shape index (κ1) is 14.0. The van der Waals surface area contributed by atoms with Crippen molar-refractivity contribution in [3.8, 4) is 0 Å². The lowest BCUT2D eigenvalue weighted by Gasteiger charge is -2.16. The van der Waals surface area contributed by atoms with E-state index in [1.807, 2.05) is 0 Å². The third-order valence-electron chi connectivity index (χ3n) is 2.76. The number of hydrogen-bond acceptors (Lipinski definition) is 4. The van der Waals surface area contributed by atoms with Gasteiger partial charge in [-0.2, -0.15) is 4.31 Å². The van der Waals surface area contributed by atoms with Crippen LogP contribution < -0.4 is 0 Å². The molecule has 2 N–H and O–H groups in total. The first-order valence-electron chi connectivity index (χ1n) is 5.14. The first-order valence-corrected chi connectivity index (χ1v) is 7.34. The van der Waals surface area contributed by atoms with Gasteiger partial charge in [0.1, 0.15) is 4.90 Å². The van der Waals surface area contributed by atoms with E-state index in [0.29, 0.717) is 0 Å². The Morgan fingerprint density at radius 3 is 2.28 bits per heavy atom. The summed E-state index contributed by atoms with van der Waals surface area (Å²) in [5.41, 5.74) is 0. The van der Waals surface area contributed by atoms with Crippen LogP contribution in [-0.4, -0.2) is 48.2 Å². The van der Waals surface area contributed by atoms with Crippen LogP contribution in [0.5, 0.6) is 0 Å². The molecule has 2 atom stereocenters. The number of β-amino-alcohol motifs (C(OH)–C–C–N with tert-alkyl or cyclic N) is 2. The van der Waals surface area contributed by atoms with E-state index in [0.717, 1.165) is 4.31 Å². The molecule has 1 aliphatic heterocycles. The third-order valence-corrected chi connectivity index (χ3v) is 5.56. The fourth-order valence-corrected chi connectivity index (χ4v) is 3.97. The molecule has 0 aliphatic carbocycles. The van der Waals surface area contributed by atoms with Crippen LogP contribution in [0.25, 0.3) is 0 Å². The van der Waals surface area contributed by atoms with Crippen LogP contribution in [0.3, 0.4) is 0 Å². The van der Waals surface area contributed by atoms with Crippen molar-refractivity contribution in [2.24, 2.45) is 0 Å². The smallest absolute Gasteiger partial charge is 0.244 e. The molecule has 0 unspecified atom stereocenters. The number of halogens is 2. The summed E-state index contributed by atoms with van der Waals surface area (Å²) in [5.74, 6) is 0. The SMILES string of the molecule is O=S(=O)(c1cccc(Cl)c1Cl)N1C[C@@H](O)[C@@H](O)C1. The molecule has 2 rings (SSSR count). The number of benzene rings is 1. The van der Waals surface area contributed by atoms with E-state index in [1.165, 1.54) is 18.2 Å². The summed E-state index contributed by atoms with van der Waals surface area (Å²) in [4.78, 5) is -0.127. The quantitative estimate of drug-likeness (QED) is 0.843. The highest BCUT2D eigenvalue weighted by atomic mass is 35.5. The summed E-state index contributed by atoms with van der Waals surface area (Å²) in [5, 5.41) is 18.9. The number of aliphatic hydroxyl groups excluding tert-OH is 2. The van der Waals surface area contributed by atoms with Crippen molar-refractivity contribution in [3.05, 3.63) is 28.2 Å². The summed E-state index contributed by atoms with van der Waals surface area (Å²) in [6.45, 7) is -0.321. The van der Waals surface area contributed by atoms with Crippen LogP contribution in [-0.2, 0) is 10.0 Å². The van der Waals surface area contributed by atoms with E-state index >= 15 is 0 Å². The van der Waals surface area contributed by atoms with Gasteiger partial charge in [-0.25, -0.2) is 8.42 Å². The first-order chi connectivity index (χ1) is 8.34. The van der Waals surface area contributed by atoms with Crippen LogP contribution in [0.1, 0.15) is 0 Å². The van der Waals surface area contributed by atoms with Crippen LogP contribution in [0.4, 0.5) is 0 Å². The fourth-order valence-electron chi connectivity index (χ4n) is 1.75. The van der Waals surface area contributed by atoms with Gasteiger partial charge >= 0.3 is 0 Å². The summed E-state index contributed by atoms with van der Waals surface area (Å²) in [7, 11) is -3.86. The Kier molecular flexibility index (Phi) is 3.87. The third kappa shape index (κ3) is 2.36. The minimum absolute atomic E-state index is 0.0601. The van der Waals surface area contributed by atoms with E-state index in [4.69, 9.17) is 23.2 Å². The zero-order chi connectivity index (χ0) is 13.5. The van der Waals surface area contributed by atoms with E-state index in [9.17, 15) is 18.6 Å². The molecule has 1 fully saturated rings. The maximum atomic E-state index is 12.3. The predicted octanol–water partition coefficient (Wildman–Crippen LogP) is 0.720. The molecular weight excluding hydrogens is 301 g/mol. The molecule has 18 heavy (non-hydrogen) atoms. The Bertz CT molecular complexity index is 553. The fraction of sp³-hybridized carbons (Fsp3) is 0.400. The molecule has 1 aliphatic rings. The van der Waals surface area contributed by atoms with Gasteiger partial charge in [-0.1, -0.05) is 29.3 Å². The molecule has 0 aromatic heterocycles. The zero-order valence-electron chi connectivity index (χ0n) is 9.12. The summed E-state index contributed by atoms with van der Waals surface area (Å²) >= 11 is 11.6. The van der Waals surface area contributed by atoms with Gasteiger partial charge in [-0.05, 0) is 12.1 Å². The lowest BCUT2D eigenvalue weighted by molar-refractivity contribution is 0.0572. The minimum atomic E-state index is -3.86. The molecule has 8 heteroatoms. The van der Waals surface area contributed by atoms with Crippen molar-refractivity contribution in [2.45, 2.75) is 17.1 Å². The van der Waals surface area contributed by atoms with Gasteiger partial charge in [0.2, 0.25) is 10.0 Å². The molecule has 1 saturated heterocycles. The standard InChI is InChI=1S/C10H11Cl2NO4S/c11-6-2-1-3-9(10(6)12)18(16,17)13-4-7(14)8(15)5-13/h1-3,7-8,14-15H,4-5H2/t7-,8+. The number of rotatable bonds is 2. The van der Waals surface area contributed by atoms with Crippen LogP contribution in [0.15, 0.2) is 23.1 Å². The van der Waals surface area contributed by atoms with Gasteiger partial charge in [0.15, 0.2) is 0 Å². The largest absolute Gasteiger partial charge is 0.389 e. The molecule has 0 bridgehead atoms. The second kappa shape index (κ2) is 4.96. The van der Waals surface area contributed by atoms with Crippen LogP contribution in [0.2, 0.25) is 10.0 Å². The highest BCUT2D eigenvalue weighted by Crippen LogP contribution is 2.32. The van der Waals surface area contributed by atoms with Crippen molar-refractivity contribution in [3.63, 3.8) is 0 Å². The lowest BCUT2D eigenvalue weighted by Crippen LogP contribution is -2.30. The van der Waals surface area contributed by atoms with E-state index < -0.39 is 22.2 Å². The summed E-state index contributed by atoms with van der Waals surface area (Å²) < 4.78 is 25.5. The van der Waals surface area contributed by atoms with Gasteiger partial charge < -0.3 is 10.2 Å². The van der Waals surface area contributed by atoms with Crippen LogP contribution in [0, 0.1) is 0 Å². The van der Waals surface area contributed by atoms with Gasteiger partial charge in [0, 0.05) is 13.1 Å². The Labute approximate surface area is 115 Å². The molecular formula is C10H11Cl2NO4S. The monoisotopic (exact) mass is 311 g/mol. The van der Waals surface area contributed by atoms with Gasteiger partial charge in [0.05, 0.1) is 22.3 Å². The molecule has 1 heterocycles. The van der Waals surface area contributed by atoms with Crippen LogP contribution >= 0.6 is 23.2 Å². The van der Waals surface area contributed by atoms with Gasteiger partial charge in [0.25, 0.3) is 0 Å². The Morgan fingerprint density at radius 2 is 1.72 bits per heavy atom. The highest BCUT2D eigenvalue weighted by Gasteiger charge is 2.38. The molecule has 1 aromatic rings. The van der Waals surface area contributed by atoms with Crippen molar-refractivity contribution >= 4 is 33.2 Å². The van der Waals surface area contributed by atoms with E-state index in [1.54, 1.807) is 0 Å². The highest BCUT2D eigenvalue weighted by molar-refractivity contribution is 7.89. The topological polar surface area (TPSA) is 77.8 Å². The normalized spacial score (nSPS) is 25.6. The molecule has 0 spiro atoms. The summed E-state index contributed by atoms with van der Waals surface area (Å²) in [6.07, 6.45) is -2.17. The number of aliphatic hydroxyl groups is 2. The second-order valence-corrected chi connectivity index (χ2v) is 6.70. The Morgan fingerprint density at radius 1 is 1.17 bits per heavy atom. The van der Waals surface area contributed by atoms with E-state index in [-0.39, 0.29) is 28.0 Å². The Balaban J connectivity index is 2.41. The van der Waals surface area contributed by atoms with Gasteiger partial charge in [-0.15, -0.1) is 0 Å². The van der Waals surface area contributed by atoms with Crippen molar-refractivity contribution < 1.29 is 18.6 Å². The predicted molar refractivity (Wildman–Crippen MR) is 67.2 cm³/mol. The second-order valence-electron chi connectivity index (χ2n) is 4.01. The van der Waals surface area contributed by atoms with E-state index in [2.05, 4.69) is 0 Å². The lowest BCUT2D eigenvalue weighted by atomic mass is 10.3. The molecule has 0 radical (unpaired) electrons. The zero-order valence-corrected chi connectivity index (χ0v) is 11.5. The Hall–Kier alpha value is -0.370. The number of sulfonamides is 1. The maximum absolute atomic E-state index is 12.3. The van der Waals surface area contributed by atoms with Crippen molar-refractivity contribution in [1.29, 1.82) is 0 Å². The average Bonchev–Trinajstić information content (AvgIpc) is 2.63. The average molecular weight is 312 g/mol. The molecule has 1 aromatic carbocycles. The summed E-state index contributed by atoms with van der Waals surface area (Å²) in [6, 6.07) is 4.29. The van der Waals surface area contributed by atoms with Crippen molar-refractivity contribution in [1.82, 2.24) is 4.31 Å². The molecule has 0 saturated carbocycles. The minimum Gasteiger partial charge on any atom is -0.389 e. The molecule has 100 valence electrons. The van der Waals surface area contributed by atoms with Gasteiger partial charge in [-0.3, -0.25) is 0 Å². The number of hydrogen-bond donors (Lipinski definition) is 2. The number of nitrogens with zero attached hydrogens (tertiary/aromatic N) is 1. The molecule has 0 amide bonds. The maximum Gasteiger partial charge on any atom is 0.244 e. The molecule has 5 nitrogen and oxygen atoms in total. The van der Waals surface area contributed by atoms with Crippen molar-refractivity contribution in [2.75, 3.05) is 13.1 Å².